The number of benzene rings is 1. The van der Waals surface area contributed by atoms with E-state index in [2.05, 4.69) is 15.6 Å². The van der Waals surface area contributed by atoms with Crippen molar-refractivity contribution in [3.8, 4) is 5.75 Å². The minimum Gasteiger partial charge on any atom is -0.491 e. The molecule has 2 rings (SSSR count). The molecule has 1 heterocycles. The zero-order valence-corrected chi connectivity index (χ0v) is 18.8. The molecule has 0 spiro atoms. The fourth-order valence-electron chi connectivity index (χ4n) is 3.03. The van der Waals surface area contributed by atoms with E-state index in [0.717, 1.165) is 12.5 Å². The molecule has 6 nitrogen and oxygen atoms in total. The van der Waals surface area contributed by atoms with Gasteiger partial charge in [-0.15, -0.1) is 24.0 Å². The first-order chi connectivity index (χ1) is 13.4. The summed E-state index contributed by atoms with van der Waals surface area (Å²) in [6.07, 6.45) is -2.99. The van der Waals surface area contributed by atoms with Crippen molar-refractivity contribution in [3.05, 3.63) is 29.8 Å². The van der Waals surface area contributed by atoms with Gasteiger partial charge in [-0.3, -0.25) is 4.99 Å². The number of nitrogens with one attached hydrogen (secondary N) is 2. The highest BCUT2D eigenvalue weighted by Gasteiger charge is 2.35. The second-order valence-electron chi connectivity index (χ2n) is 6.74. The predicted molar refractivity (Wildman–Crippen MR) is 116 cm³/mol. The number of aliphatic hydroxyl groups excluding tert-OH is 1. The van der Waals surface area contributed by atoms with Gasteiger partial charge in [-0.2, -0.15) is 13.2 Å². The Balaban J connectivity index is 0.00000420. The highest BCUT2D eigenvalue weighted by Crippen LogP contribution is 2.35. The molecule has 0 bridgehead atoms. The smallest absolute Gasteiger partial charge is 0.419 e. The van der Waals surface area contributed by atoms with Crippen LogP contribution in [-0.2, 0) is 10.9 Å². The Morgan fingerprint density at radius 3 is 2.69 bits per heavy atom. The van der Waals surface area contributed by atoms with Crippen molar-refractivity contribution in [2.45, 2.75) is 25.9 Å². The van der Waals surface area contributed by atoms with E-state index in [1.807, 2.05) is 6.92 Å². The Bertz CT molecular complexity index is 639. The number of hydrogen-bond donors (Lipinski definition) is 3. The third-order valence-electron chi connectivity index (χ3n) is 4.59. The van der Waals surface area contributed by atoms with Crippen LogP contribution in [0, 0.1) is 5.41 Å². The molecule has 1 aliphatic rings. The Kier molecular flexibility index (Phi) is 11.0. The fraction of sp³-hybridized carbons (Fsp3) is 0.632. The maximum absolute atomic E-state index is 13.0. The molecule has 0 amide bonds. The Hall–Kier alpha value is -1.27. The largest absolute Gasteiger partial charge is 0.491 e. The van der Waals surface area contributed by atoms with Gasteiger partial charge >= 0.3 is 6.18 Å². The summed E-state index contributed by atoms with van der Waals surface area (Å²) in [7, 11) is 0. The molecule has 1 aliphatic heterocycles. The zero-order valence-electron chi connectivity index (χ0n) is 16.4. The molecule has 1 atom stereocenters. The van der Waals surface area contributed by atoms with E-state index < -0.39 is 11.7 Å². The fourth-order valence-corrected chi connectivity index (χ4v) is 3.03. The van der Waals surface area contributed by atoms with E-state index in [4.69, 9.17) is 9.47 Å². The monoisotopic (exact) mass is 531 g/mol. The number of guanidine groups is 1. The van der Waals surface area contributed by atoms with Crippen molar-refractivity contribution in [1.29, 1.82) is 0 Å². The number of ether oxygens (including phenoxy) is 2. The topological polar surface area (TPSA) is 75.1 Å². The molecule has 1 unspecified atom stereocenters. The number of halogens is 4. The van der Waals surface area contributed by atoms with E-state index in [0.29, 0.717) is 45.2 Å². The molecule has 1 fully saturated rings. The minimum atomic E-state index is -4.45. The zero-order chi connectivity index (χ0) is 20.5. The summed E-state index contributed by atoms with van der Waals surface area (Å²) in [5, 5.41) is 15.5. The van der Waals surface area contributed by atoms with Gasteiger partial charge in [0.25, 0.3) is 0 Å². The molecule has 10 heteroatoms. The maximum atomic E-state index is 13.0. The van der Waals surface area contributed by atoms with Crippen LogP contribution in [0.5, 0.6) is 5.75 Å². The summed E-state index contributed by atoms with van der Waals surface area (Å²) in [6, 6.07) is 5.14. The Morgan fingerprint density at radius 1 is 1.31 bits per heavy atom. The summed E-state index contributed by atoms with van der Waals surface area (Å²) >= 11 is 0. The number of rotatable bonds is 9. The average Bonchev–Trinajstić information content (AvgIpc) is 3.12. The van der Waals surface area contributed by atoms with Crippen LogP contribution < -0.4 is 15.4 Å². The Labute approximate surface area is 186 Å². The lowest BCUT2D eigenvalue weighted by Gasteiger charge is -2.24. The van der Waals surface area contributed by atoms with Crippen LogP contribution >= 0.6 is 24.0 Å². The van der Waals surface area contributed by atoms with E-state index in [1.54, 1.807) is 0 Å². The van der Waals surface area contributed by atoms with Crippen LogP contribution in [0.15, 0.2) is 29.3 Å². The standard InChI is InChI=1S/C19H28F3N3O3.HI/c1-2-23-17(25-13-18(7-10-26)8-11-27-14-18)24-9-12-28-16-6-4-3-5-15(16)19(20,21)22;/h3-6,26H,2,7-14H2,1H3,(H2,23,24,25);1H. The molecule has 29 heavy (non-hydrogen) atoms. The molecule has 0 saturated carbocycles. The molecular formula is C19H29F3IN3O3. The number of para-hydroxylation sites is 1. The predicted octanol–water partition coefficient (Wildman–Crippen LogP) is 3.05. The van der Waals surface area contributed by atoms with Crippen LogP contribution in [-0.4, -0.2) is 57.1 Å². The highest BCUT2D eigenvalue weighted by molar-refractivity contribution is 14.0. The lowest BCUT2D eigenvalue weighted by Crippen LogP contribution is -2.40. The van der Waals surface area contributed by atoms with Gasteiger partial charge < -0.3 is 25.2 Å². The summed E-state index contributed by atoms with van der Waals surface area (Å²) in [4.78, 5) is 4.56. The Morgan fingerprint density at radius 2 is 2.07 bits per heavy atom. The van der Waals surface area contributed by atoms with Gasteiger partial charge in [0.15, 0.2) is 5.96 Å². The highest BCUT2D eigenvalue weighted by atomic mass is 127. The van der Waals surface area contributed by atoms with Crippen molar-refractivity contribution >= 4 is 29.9 Å². The number of nitrogens with zero attached hydrogens (tertiary/aromatic N) is 1. The SMILES string of the molecule is CCNC(=NCC1(CCO)CCOC1)NCCOc1ccccc1C(F)(F)F.I. The summed E-state index contributed by atoms with van der Waals surface area (Å²) < 4.78 is 49.7. The molecule has 1 aromatic rings. The number of aliphatic hydroxyl groups is 1. The molecule has 0 aromatic heterocycles. The van der Waals surface area contributed by atoms with Crippen molar-refractivity contribution in [2.75, 3.05) is 46.1 Å². The molecule has 1 aromatic carbocycles. The summed E-state index contributed by atoms with van der Waals surface area (Å²) in [6.45, 7) is 4.72. The lowest BCUT2D eigenvalue weighted by atomic mass is 9.84. The first-order valence-electron chi connectivity index (χ1n) is 9.40. The van der Waals surface area contributed by atoms with Gasteiger partial charge in [-0.25, -0.2) is 0 Å². The van der Waals surface area contributed by atoms with Gasteiger partial charge in [0.2, 0.25) is 0 Å². The first-order valence-corrected chi connectivity index (χ1v) is 9.40. The van der Waals surface area contributed by atoms with E-state index in [9.17, 15) is 18.3 Å². The van der Waals surface area contributed by atoms with Gasteiger partial charge in [0, 0.05) is 25.2 Å². The van der Waals surface area contributed by atoms with Gasteiger partial charge in [-0.05, 0) is 31.9 Å². The van der Waals surface area contributed by atoms with Gasteiger partial charge in [0.1, 0.15) is 12.4 Å². The molecule has 0 radical (unpaired) electrons. The second-order valence-corrected chi connectivity index (χ2v) is 6.74. The van der Waals surface area contributed by atoms with E-state index in [-0.39, 0.29) is 48.4 Å². The summed E-state index contributed by atoms with van der Waals surface area (Å²) in [5.41, 5.74) is -0.957. The molecule has 166 valence electrons. The molecular weight excluding hydrogens is 502 g/mol. The van der Waals surface area contributed by atoms with Crippen molar-refractivity contribution in [1.82, 2.24) is 10.6 Å². The second kappa shape index (κ2) is 12.4. The van der Waals surface area contributed by atoms with Crippen LogP contribution in [0.2, 0.25) is 0 Å². The van der Waals surface area contributed by atoms with Crippen LogP contribution in [0.25, 0.3) is 0 Å². The third kappa shape index (κ3) is 8.17. The molecule has 3 N–H and O–H groups in total. The molecule has 1 saturated heterocycles. The molecule has 0 aliphatic carbocycles. The number of aliphatic imine (C=N–C) groups is 1. The van der Waals surface area contributed by atoms with Gasteiger partial charge in [-0.1, -0.05) is 12.1 Å². The average molecular weight is 531 g/mol. The van der Waals surface area contributed by atoms with Crippen molar-refractivity contribution < 1.29 is 27.8 Å². The number of hydrogen-bond acceptors (Lipinski definition) is 4. The first kappa shape index (κ1) is 25.8. The van der Waals surface area contributed by atoms with Gasteiger partial charge in [0.05, 0.1) is 25.3 Å². The van der Waals surface area contributed by atoms with Crippen LogP contribution in [0.4, 0.5) is 13.2 Å². The van der Waals surface area contributed by atoms with E-state index in [1.165, 1.54) is 18.2 Å². The van der Waals surface area contributed by atoms with Crippen molar-refractivity contribution in [2.24, 2.45) is 10.4 Å². The normalized spacial score (nSPS) is 19.6. The summed E-state index contributed by atoms with van der Waals surface area (Å²) in [5.74, 6) is 0.364. The van der Waals surface area contributed by atoms with Crippen molar-refractivity contribution in [3.63, 3.8) is 0 Å². The van der Waals surface area contributed by atoms with E-state index >= 15 is 0 Å². The quantitative estimate of drug-likeness (QED) is 0.198. The third-order valence-corrected chi connectivity index (χ3v) is 4.59. The lowest BCUT2D eigenvalue weighted by molar-refractivity contribution is -0.138. The number of alkyl halides is 3. The minimum absolute atomic E-state index is 0. The van der Waals surface area contributed by atoms with Crippen LogP contribution in [0.1, 0.15) is 25.3 Å². The van der Waals surface area contributed by atoms with Crippen LogP contribution in [0.3, 0.4) is 0 Å². The maximum Gasteiger partial charge on any atom is 0.419 e.